The Balaban J connectivity index is 2.08. The van der Waals surface area contributed by atoms with E-state index in [-0.39, 0.29) is 0 Å². The molecule has 1 N–H and O–H groups in total. The fraction of sp³-hybridized carbons (Fsp3) is 0.654. The van der Waals surface area contributed by atoms with Gasteiger partial charge in [0, 0.05) is 33.0 Å². The summed E-state index contributed by atoms with van der Waals surface area (Å²) in [4.78, 5) is 28.7. The molecule has 1 amide bonds. The van der Waals surface area contributed by atoms with E-state index in [1.165, 1.54) is 0 Å². The third kappa shape index (κ3) is 12.2. The lowest BCUT2D eigenvalue weighted by Crippen LogP contribution is -2.33. The van der Waals surface area contributed by atoms with Crippen molar-refractivity contribution >= 4 is 43.1 Å². The molecule has 0 aliphatic carbocycles. The van der Waals surface area contributed by atoms with Gasteiger partial charge in [0.1, 0.15) is 23.7 Å². The van der Waals surface area contributed by atoms with Crippen LogP contribution in [0.15, 0.2) is 23.4 Å². The minimum Gasteiger partial charge on any atom is -0.444 e. The molecule has 0 fully saturated rings. The molecule has 0 bridgehead atoms. The lowest BCUT2D eigenvalue weighted by molar-refractivity contribution is 0.0206. The monoisotopic (exact) mass is 553 g/mol. The molecular formula is C26H43N3O6SSi. The zero-order valence-corrected chi connectivity index (χ0v) is 25.5. The fourth-order valence-corrected chi connectivity index (χ4v) is 4.73. The molecule has 37 heavy (non-hydrogen) atoms. The Bertz CT molecular complexity index is 1050. The Labute approximate surface area is 226 Å². The molecule has 0 unspecified atom stereocenters. The summed E-state index contributed by atoms with van der Waals surface area (Å²) < 4.78 is 23.9. The van der Waals surface area contributed by atoms with Gasteiger partial charge < -0.3 is 24.3 Å². The third-order valence-electron chi connectivity index (χ3n) is 4.71. The summed E-state index contributed by atoms with van der Waals surface area (Å²) in [5.41, 5.74) is 0.423. The Morgan fingerprint density at radius 2 is 1.73 bits per heavy atom. The molecular weight excluding hydrogens is 510 g/mol. The Morgan fingerprint density at radius 3 is 2.35 bits per heavy atom. The van der Waals surface area contributed by atoms with Gasteiger partial charge in [0.15, 0.2) is 5.16 Å². The van der Waals surface area contributed by atoms with Crippen LogP contribution >= 0.6 is 11.8 Å². The molecule has 0 spiro atoms. The number of nitrogens with zero attached hydrogens (tertiary/aromatic N) is 2. The largest absolute Gasteiger partial charge is 0.514 e. The highest BCUT2D eigenvalue weighted by Crippen LogP contribution is 2.28. The average Bonchev–Trinajstić information content (AvgIpc) is 3.04. The number of amides is 1. The molecule has 11 heteroatoms. The van der Waals surface area contributed by atoms with E-state index in [1.54, 1.807) is 44.7 Å². The van der Waals surface area contributed by atoms with Gasteiger partial charge in [-0.05, 0) is 66.1 Å². The van der Waals surface area contributed by atoms with Crippen LogP contribution in [-0.2, 0) is 20.9 Å². The number of nitrogens with one attached hydrogen (secondary N) is 1. The molecule has 9 nitrogen and oxygen atoms in total. The van der Waals surface area contributed by atoms with Gasteiger partial charge >= 0.3 is 12.2 Å². The van der Waals surface area contributed by atoms with Gasteiger partial charge in [0.05, 0.1) is 11.0 Å². The zero-order chi connectivity index (χ0) is 27.9. The molecule has 0 radical (unpaired) electrons. The van der Waals surface area contributed by atoms with E-state index in [0.717, 1.165) is 28.9 Å². The van der Waals surface area contributed by atoms with E-state index < -0.39 is 31.5 Å². The minimum absolute atomic E-state index is 0.365. The van der Waals surface area contributed by atoms with Crippen LogP contribution in [0.25, 0.3) is 11.0 Å². The van der Waals surface area contributed by atoms with Crippen LogP contribution in [-0.4, -0.2) is 60.0 Å². The zero-order valence-electron chi connectivity index (χ0n) is 23.7. The number of carbonyl (C=O) groups excluding carboxylic acids is 2. The maximum atomic E-state index is 12.1. The number of carbonyl (C=O) groups is 2. The molecule has 0 atom stereocenters. The van der Waals surface area contributed by atoms with Gasteiger partial charge in [-0.1, -0.05) is 31.4 Å². The van der Waals surface area contributed by atoms with Crippen LogP contribution in [0, 0.1) is 0 Å². The van der Waals surface area contributed by atoms with E-state index in [1.807, 2.05) is 31.4 Å². The topological polar surface area (TPSA) is 101 Å². The predicted molar refractivity (Wildman–Crippen MR) is 150 cm³/mol. The summed E-state index contributed by atoms with van der Waals surface area (Å²) in [7, 11) is -1.20. The predicted octanol–water partition coefficient (Wildman–Crippen LogP) is 6.67. The average molecular weight is 554 g/mol. The quantitative estimate of drug-likeness (QED) is 0.108. The first kappa shape index (κ1) is 31.0. The van der Waals surface area contributed by atoms with Crippen molar-refractivity contribution in [2.24, 2.45) is 0 Å². The Morgan fingerprint density at radius 1 is 1.05 bits per heavy atom. The van der Waals surface area contributed by atoms with Crippen LogP contribution in [0.3, 0.4) is 0 Å². The molecule has 1 aromatic carbocycles. The molecule has 0 aliphatic rings. The van der Waals surface area contributed by atoms with Crippen molar-refractivity contribution in [3.05, 3.63) is 18.2 Å². The molecule has 0 aliphatic heterocycles. The number of hydrogen-bond donors (Lipinski definition) is 1. The van der Waals surface area contributed by atoms with Crippen LogP contribution in [0.4, 0.5) is 9.59 Å². The van der Waals surface area contributed by atoms with Gasteiger partial charge in [0.2, 0.25) is 0 Å². The molecule has 0 saturated heterocycles. The van der Waals surface area contributed by atoms with E-state index >= 15 is 0 Å². The number of hydrogen-bond acceptors (Lipinski definition) is 8. The van der Waals surface area contributed by atoms with E-state index in [0.29, 0.717) is 31.1 Å². The van der Waals surface area contributed by atoms with Crippen molar-refractivity contribution in [3.63, 3.8) is 0 Å². The van der Waals surface area contributed by atoms with Crippen LogP contribution < -0.4 is 10.1 Å². The first-order valence-electron chi connectivity index (χ1n) is 12.6. The first-order valence-corrected chi connectivity index (χ1v) is 17.3. The highest BCUT2D eigenvalue weighted by molar-refractivity contribution is 7.99. The molecule has 0 saturated carbocycles. The van der Waals surface area contributed by atoms with Gasteiger partial charge in [-0.25, -0.2) is 14.6 Å². The van der Waals surface area contributed by atoms with Crippen molar-refractivity contribution in [2.75, 3.05) is 18.9 Å². The summed E-state index contributed by atoms with van der Waals surface area (Å²) in [5.74, 6) is 1.11. The summed E-state index contributed by atoms with van der Waals surface area (Å²) in [5, 5.41) is 3.58. The number of aromatic nitrogens is 2. The number of imidazole rings is 1. The fourth-order valence-electron chi connectivity index (χ4n) is 3.03. The van der Waals surface area contributed by atoms with Crippen LogP contribution in [0.2, 0.25) is 25.7 Å². The molecule has 2 aromatic rings. The van der Waals surface area contributed by atoms with Gasteiger partial charge in [-0.2, -0.15) is 0 Å². The highest BCUT2D eigenvalue weighted by atomic mass is 32.2. The molecule has 1 aromatic heterocycles. The first-order chi connectivity index (χ1) is 17.0. The maximum absolute atomic E-state index is 12.1. The summed E-state index contributed by atoms with van der Waals surface area (Å²) in [6, 6.07) is 6.40. The number of alkyl carbamates (subject to hydrolysis) is 1. The number of ether oxygens (including phenoxy) is 4. The number of benzene rings is 1. The lowest BCUT2D eigenvalue weighted by Gasteiger charge is -2.19. The smallest absolute Gasteiger partial charge is 0.444 e. The number of thioether (sulfide) groups is 1. The number of rotatable bonds is 11. The van der Waals surface area contributed by atoms with Crippen molar-refractivity contribution in [3.8, 4) is 5.75 Å². The second-order valence-corrected chi connectivity index (χ2v) is 18.7. The Kier molecular flexibility index (Phi) is 10.9. The van der Waals surface area contributed by atoms with Gasteiger partial charge in [0.25, 0.3) is 0 Å². The Hall–Kier alpha value is -2.24. The summed E-state index contributed by atoms with van der Waals surface area (Å²) in [6.45, 7) is 19.4. The molecule has 2 rings (SSSR count). The van der Waals surface area contributed by atoms with Crippen molar-refractivity contribution in [1.82, 2.24) is 14.9 Å². The van der Waals surface area contributed by atoms with Crippen molar-refractivity contribution < 1.29 is 28.5 Å². The van der Waals surface area contributed by atoms with Gasteiger partial charge in [-0.15, -0.1) is 0 Å². The standard InChI is InChI=1S/C26H43N3O6SSi/c1-25(2,3)34-23(30)27-13-10-15-36-22-28-20-17-19(33-24(31)35-26(4,5)6)11-12-21(20)29(22)18-32-14-16-37(7,8)9/h11-12,17H,10,13-16,18H2,1-9H3,(H,27,30). The second-order valence-electron chi connectivity index (χ2n) is 12.0. The third-order valence-corrected chi connectivity index (χ3v) is 7.48. The van der Waals surface area contributed by atoms with Crippen LogP contribution in [0.5, 0.6) is 5.75 Å². The van der Waals surface area contributed by atoms with Crippen molar-refractivity contribution in [1.29, 1.82) is 0 Å². The summed E-state index contributed by atoms with van der Waals surface area (Å²) >= 11 is 1.58. The molecule has 1 heterocycles. The number of fused-ring (bicyclic) bond motifs is 1. The van der Waals surface area contributed by atoms with E-state index in [4.69, 9.17) is 23.9 Å². The minimum atomic E-state index is -1.20. The van der Waals surface area contributed by atoms with Crippen LogP contribution in [0.1, 0.15) is 48.0 Å². The van der Waals surface area contributed by atoms with E-state index in [2.05, 4.69) is 25.0 Å². The van der Waals surface area contributed by atoms with Crippen molar-refractivity contribution in [2.45, 2.75) is 96.7 Å². The summed E-state index contributed by atoms with van der Waals surface area (Å²) in [6.07, 6.45) is -0.428. The molecule has 208 valence electrons. The van der Waals surface area contributed by atoms with Gasteiger partial charge in [-0.3, -0.25) is 4.57 Å². The van der Waals surface area contributed by atoms with E-state index in [9.17, 15) is 9.59 Å². The second kappa shape index (κ2) is 13.0. The maximum Gasteiger partial charge on any atom is 0.514 e. The normalized spacial score (nSPS) is 12.5. The SMILES string of the molecule is CC(C)(C)OC(=O)NCCCSc1nc2cc(OC(=O)OC(C)(C)C)ccc2n1COCC[Si](C)(C)C. The highest BCUT2D eigenvalue weighted by Gasteiger charge is 2.20. The lowest BCUT2D eigenvalue weighted by atomic mass is 10.2.